The average Bonchev–Trinajstić information content (AvgIpc) is 3.16. The molecule has 0 spiro atoms. The molecular weight excluding hydrogens is 387 g/mol. The Hall–Kier alpha value is -3.59. The van der Waals surface area contributed by atoms with Gasteiger partial charge in [0.1, 0.15) is 18.0 Å². The summed E-state index contributed by atoms with van der Waals surface area (Å²) in [6.45, 7) is 0.515. The number of nitrogens with zero attached hydrogens (tertiary/aromatic N) is 4. The fourth-order valence-corrected chi connectivity index (χ4v) is 4.16. The number of methoxy groups -OCH3 is 1. The Bertz CT molecular complexity index is 1300. The third-order valence-electron chi connectivity index (χ3n) is 5.50. The van der Waals surface area contributed by atoms with E-state index in [9.17, 15) is 9.18 Å². The molecule has 1 aliphatic rings. The normalized spacial score (nSPS) is 17.8. The maximum Gasteiger partial charge on any atom is 0.272 e. The van der Waals surface area contributed by atoms with Crippen LogP contribution in [0.25, 0.3) is 10.8 Å². The van der Waals surface area contributed by atoms with Crippen LogP contribution in [0.15, 0.2) is 47.5 Å². The first-order valence-corrected chi connectivity index (χ1v) is 9.47. The van der Waals surface area contributed by atoms with E-state index in [2.05, 4.69) is 25.6 Å². The molecule has 2 aromatic carbocycles. The molecule has 0 unspecified atom stereocenters. The predicted octanol–water partition coefficient (Wildman–Crippen LogP) is 2.64. The number of benzene rings is 2. The van der Waals surface area contributed by atoms with Gasteiger partial charge in [-0.1, -0.05) is 24.3 Å². The van der Waals surface area contributed by atoms with Crippen LogP contribution in [0.3, 0.4) is 0 Å². The number of H-pyrrole nitrogens is 1. The van der Waals surface area contributed by atoms with E-state index < -0.39 is 11.4 Å². The summed E-state index contributed by atoms with van der Waals surface area (Å²) in [6, 6.07) is 10.3. The average molecular weight is 406 g/mol. The Morgan fingerprint density at radius 2 is 2.03 bits per heavy atom. The number of rotatable bonds is 4. The summed E-state index contributed by atoms with van der Waals surface area (Å²) in [6.07, 6.45) is 1.48. The molecule has 0 fully saturated rings. The molecule has 1 aliphatic heterocycles. The zero-order chi connectivity index (χ0) is 20.8. The van der Waals surface area contributed by atoms with E-state index in [1.54, 1.807) is 11.8 Å². The van der Waals surface area contributed by atoms with Gasteiger partial charge in [0.2, 0.25) is 0 Å². The number of aromatic nitrogens is 5. The highest BCUT2D eigenvalue weighted by Crippen LogP contribution is 2.45. The van der Waals surface area contributed by atoms with Crippen molar-refractivity contribution in [1.82, 2.24) is 25.0 Å². The minimum atomic E-state index is -0.487. The summed E-state index contributed by atoms with van der Waals surface area (Å²) < 4.78 is 21.2. The summed E-state index contributed by atoms with van der Waals surface area (Å²) >= 11 is 0. The molecule has 0 amide bonds. The second-order valence-electron chi connectivity index (χ2n) is 7.33. The smallest absolute Gasteiger partial charge is 0.272 e. The van der Waals surface area contributed by atoms with Gasteiger partial charge in [0, 0.05) is 25.2 Å². The third-order valence-corrected chi connectivity index (χ3v) is 5.50. The number of aryl methyl sites for hydroxylation is 1. The highest BCUT2D eigenvalue weighted by atomic mass is 19.1. The van der Waals surface area contributed by atoms with Gasteiger partial charge in [-0.25, -0.2) is 14.5 Å². The van der Waals surface area contributed by atoms with E-state index in [4.69, 9.17) is 4.74 Å². The molecule has 8 nitrogen and oxygen atoms in total. The summed E-state index contributed by atoms with van der Waals surface area (Å²) in [7, 11) is 3.46. The molecule has 30 heavy (non-hydrogen) atoms. The van der Waals surface area contributed by atoms with Crippen LogP contribution in [0.2, 0.25) is 0 Å². The standard InChI is InChI=1S/C21H19FN6O2/c1-28-20(23-10-24-28)17-18(12-5-3-11(4-6-12)9-30-2)25-15-8-13(22)7-14-16(15)19(17)26-27-21(14)29/h3-8,10,17-18,25H,9H2,1-2H3,(H,27,29)/t17-,18-/m0/s1. The van der Waals surface area contributed by atoms with Crippen molar-refractivity contribution in [3.05, 3.63) is 81.5 Å². The van der Waals surface area contributed by atoms with Crippen molar-refractivity contribution in [1.29, 1.82) is 0 Å². The van der Waals surface area contributed by atoms with Crippen LogP contribution in [0, 0.1) is 5.82 Å². The monoisotopic (exact) mass is 406 g/mol. The first-order chi connectivity index (χ1) is 14.6. The Labute approximate surface area is 170 Å². The van der Waals surface area contributed by atoms with Crippen molar-refractivity contribution < 1.29 is 9.13 Å². The Kier molecular flexibility index (Phi) is 4.32. The van der Waals surface area contributed by atoms with E-state index in [1.165, 1.54) is 18.5 Å². The second-order valence-corrected chi connectivity index (χ2v) is 7.33. The predicted molar refractivity (Wildman–Crippen MR) is 109 cm³/mol. The first-order valence-electron chi connectivity index (χ1n) is 9.47. The first kappa shape index (κ1) is 18.4. The van der Waals surface area contributed by atoms with Crippen molar-refractivity contribution in [3.8, 4) is 0 Å². The Morgan fingerprint density at radius 1 is 1.23 bits per heavy atom. The molecule has 0 saturated carbocycles. The molecule has 0 saturated heterocycles. The number of nitrogens with one attached hydrogen (secondary N) is 2. The second kappa shape index (κ2) is 7.03. The van der Waals surface area contributed by atoms with Crippen LogP contribution in [-0.2, 0) is 18.4 Å². The van der Waals surface area contributed by atoms with Crippen LogP contribution in [0.4, 0.5) is 10.1 Å². The summed E-state index contributed by atoms with van der Waals surface area (Å²) in [5.74, 6) is -0.147. The highest BCUT2D eigenvalue weighted by molar-refractivity contribution is 5.97. The SMILES string of the molecule is COCc1ccc([C@@H]2Nc3cc(F)cc4c(=O)[nH]nc(c34)[C@H]2c2ncnn2C)cc1. The highest BCUT2D eigenvalue weighted by Gasteiger charge is 2.37. The van der Waals surface area contributed by atoms with Crippen LogP contribution < -0.4 is 10.9 Å². The molecule has 0 aliphatic carbocycles. The summed E-state index contributed by atoms with van der Waals surface area (Å²) in [5, 5.41) is 15.4. The maximum atomic E-state index is 14.3. The lowest BCUT2D eigenvalue weighted by Crippen LogP contribution is -2.30. The molecule has 0 bridgehead atoms. The van der Waals surface area contributed by atoms with E-state index >= 15 is 0 Å². The number of halogens is 1. The fraction of sp³-hybridized carbons (Fsp3) is 0.238. The number of hydrogen-bond acceptors (Lipinski definition) is 6. The molecule has 2 aromatic heterocycles. The molecular formula is C21H19FN6O2. The van der Waals surface area contributed by atoms with E-state index in [-0.39, 0.29) is 17.3 Å². The molecule has 4 aromatic rings. The number of ether oxygens (including phenoxy) is 1. The van der Waals surface area contributed by atoms with E-state index in [1.807, 2.05) is 31.3 Å². The van der Waals surface area contributed by atoms with Gasteiger partial charge in [-0.2, -0.15) is 10.2 Å². The molecule has 9 heteroatoms. The van der Waals surface area contributed by atoms with Gasteiger partial charge >= 0.3 is 0 Å². The van der Waals surface area contributed by atoms with Crippen LogP contribution in [0.1, 0.15) is 34.6 Å². The van der Waals surface area contributed by atoms with Crippen LogP contribution in [-0.4, -0.2) is 32.1 Å². The van der Waals surface area contributed by atoms with Crippen molar-refractivity contribution in [2.75, 3.05) is 12.4 Å². The van der Waals surface area contributed by atoms with E-state index in [0.29, 0.717) is 29.2 Å². The van der Waals surface area contributed by atoms with Crippen LogP contribution >= 0.6 is 0 Å². The summed E-state index contributed by atoms with van der Waals surface area (Å²) in [5.41, 5.74) is 2.74. The minimum Gasteiger partial charge on any atom is -0.380 e. The van der Waals surface area contributed by atoms with Gasteiger partial charge in [-0.05, 0) is 23.3 Å². The number of hydrogen-bond donors (Lipinski definition) is 2. The van der Waals surface area contributed by atoms with Crippen LogP contribution in [0.5, 0.6) is 0 Å². The maximum absolute atomic E-state index is 14.3. The lowest BCUT2D eigenvalue weighted by molar-refractivity contribution is 0.185. The van der Waals surface area contributed by atoms with Gasteiger partial charge in [0.15, 0.2) is 0 Å². The van der Waals surface area contributed by atoms with Crippen molar-refractivity contribution in [2.45, 2.75) is 18.6 Å². The quantitative estimate of drug-likeness (QED) is 0.541. The van der Waals surface area contributed by atoms with Gasteiger partial charge in [-0.15, -0.1) is 0 Å². The van der Waals surface area contributed by atoms with Crippen molar-refractivity contribution in [3.63, 3.8) is 0 Å². The van der Waals surface area contributed by atoms with Gasteiger partial charge < -0.3 is 10.1 Å². The zero-order valence-electron chi connectivity index (χ0n) is 16.4. The molecule has 3 heterocycles. The number of aromatic amines is 1. The Balaban J connectivity index is 1.74. The molecule has 0 radical (unpaired) electrons. The molecule has 2 atom stereocenters. The van der Waals surface area contributed by atoms with Crippen molar-refractivity contribution >= 4 is 16.5 Å². The lowest BCUT2D eigenvalue weighted by Gasteiger charge is -2.33. The summed E-state index contributed by atoms with van der Waals surface area (Å²) in [4.78, 5) is 16.8. The zero-order valence-corrected chi connectivity index (χ0v) is 16.4. The molecule has 152 valence electrons. The largest absolute Gasteiger partial charge is 0.380 e. The van der Waals surface area contributed by atoms with Crippen molar-refractivity contribution in [2.24, 2.45) is 7.05 Å². The van der Waals surface area contributed by atoms with Gasteiger partial charge in [0.25, 0.3) is 5.56 Å². The Morgan fingerprint density at radius 3 is 2.73 bits per heavy atom. The third kappa shape index (κ3) is 2.86. The molecule has 5 rings (SSSR count). The topological polar surface area (TPSA) is 97.7 Å². The number of anilines is 1. The minimum absolute atomic E-state index is 0.253. The van der Waals surface area contributed by atoms with E-state index in [0.717, 1.165) is 11.1 Å². The van der Waals surface area contributed by atoms with Gasteiger partial charge in [0.05, 0.1) is 29.6 Å². The van der Waals surface area contributed by atoms with Gasteiger partial charge in [-0.3, -0.25) is 9.48 Å². The molecule has 2 N–H and O–H groups in total. The fourth-order valence-electron chi connectivity index (χ4n) is 4.16. The lowest BCUT2D eigenvalue weighted by atomic mass is 9.83.